The normalized spacial score (nSPS) is 11.4. The third-order valence-corrected chi connectivity index (χ3v) is 18.4. The van der Waals surface area contributed by atoms with Crippen LogP contribution in [0, 0.1) is 0 Å². The Kier molecular flexibility index (Phi) is 23.6. The molecule has 0 saturated carbocycles. The molecule has 12 rings (SSSR count). The van der Waals surface area contributed by atoms with Gasteiger partial charge in [-0.3, -0.25) is 52.7 Å². The zero-order chi connectivity index (χ0) is 83.1. The third-order valence-electron chi connectivity index (χ3n) is 18.1. The molecule has 1 atom stereocenters. The van der Waals surface area contributed by atoms with E-state index in [9.17, 15) is 67.7 Å². The molecule has 116 heavy (non-hydrogen) atoms. The largest absolute Gasteiger partial charge is 0.508 e. The molecule has 2 aromatic carbocycles. The molecule has 40 nitrogen and oxygen atoms in total. The number of hydrogen-bond donors (Lipinski definition) is 15. The number of benzene rings is 3. The molecule has 598 valence electrons. The van der Waals surface area contributed by atoms with Crippen molar-refractivity contribution >= 4 is 139 Å². The highest BCUT2D eigenvalue weighted by Crippen LogP contribution is 2.43. The van der Waals surface area contributed by atoms with Gasteiger partial charge in [-0.2, -0.15) is 0 Å². The monoisotopic (exact) mass is 1600 g/mol. The number of nitrogens with zero attached hydrogens (tertiary/aromatic N) is 12. The molecule has 0 unspecified atom stereocenters. The Labute approximate surface area is 662 Å². The number of thiocarbonyl (C=S) groups is 1. The van der Waals surface area contributed by atoms with Crippen molar-refractivity contribution in [1.82, 2.24) is 77.7 Å². The van der Waals surface area contributed by atoms with Crippen molar-refractivity contribution in [2.24, 2.45) is 62.1 Å². The molecule has 8 aromatic heterocycles. The van der Waals surface area contributed by atoms with Crippen molar-refractivity contribution in [3.63, 3.8) is 0 Å². The van der Waals surface area contributed by atoms with E-state index in [2.05, 4.69) is 83.7 Å². The number of phenols is 1. The van der Waals surface area contributed by atoms with Crippen LogP contribution in [0.4, 0.5) is 45.9 Å². The molecule has 10 aromatic rings. The summed E-state index contributed by atoms with van der Waals surface area (Å²) in [5, 5.41) is 54.1. The highest BCUT2D eigenvalue weighted by atomic mass is 32.1. The van der Waals surface area contributed by atoms with Crippen molar-refractivity contribution in [3.8, 4) is 28.2 Å². The number of aromatic carboxylic acids is 1. The van der Waals surface area contributed by atoms with Crippen LogP contribution in [0.2, 0.25) is 0 Å². The maximum atomic E-state index is 13.7. The highest BCUT2D eigenvalue weighted by molar-refractivity contribution is 7.80. The number of carbonyl (C=O) groups excluding carboxylic acids is 10. The molecule has 10 amide bonds. The van der Waals surface area contributed by atoms with E-state index in [1.165, 1.54) is 155 Å². The minimum atomic E-state index is -1.22. The van der Waals surface area contributed by atoms with E-state index in [1.54, 1.807) is 72.7 Å². The number of fused-ring (bicyclic) bond motifs is 2. The quantitative estimate of drug-likeness (QED) is 0.0175. The van der Waals surface area contributed by atoms with E-state index in [0.29, 0.717) is 40.7 Å². The van der Waals surface area contributed by atoms with Gasteiger partial charge < -0.3 is 121 Å². The van der Waals surface area contributed by atoms with Gasteiger partial charge in [0.25, 0.3) is 47.3 Å². The molecule has 2 aliphatic rings. The average Bonchev–Trinajstić information content (AvgIpc) is 1.35. The second-order valence-electron chi connectivity index (χ2n) is 26.8. The molecule has 41 heteroatoms. The number of aromatic hydroxyl groups is 1. The van der Waals surface area contributed by atoms with Crippen molar-refractivity contribution in [3.05, 3.63) is 196 Å². The molecule has 0 fully saturated rings. The van der Waals surface area contributed by atoms with Gasteiger partial charge in [-0.15, -0.1) is 0 Å². The van der Waals surface area contributed by atoms with Crippen LogP contribution < -0.4 is 75.0 Å². The molecule has 0 bridgehead atoms. The molecule has 0 radical (unpaired) electrons. The summed E-state index contributed by atoms with van der Waals surface area (Å²) in [5.41, 5.74) is 9.35. The first-order chi connectivity index (χ1) is 55.3. The van der Waals surface area contributed by atoms with Crippen LogP contribution in [0.15, 0.2) is 144 Å². The fourth-order valence-corrected chi connectivity index (χ4v) is 12.7. The lowest BCUT2D eigenvalue weighted by molar-refractivity contribution is -0.121. The van der Waals surface area contributed by atoms with Crippen molar-refractivity contribution in [2.75, 3.05) is 68.7 Å². The van der Waals surface area contributed by atoms with Gasteiger partial charge in [-0.05, 0) is 91.3 Å². The summed E-state index contributed by atoms with van der Waals surface area (Å²) >= 11 is 5.47. The van der Waals surface area contributed by atoms with Gasteiger partial charge in [0.15, 0.2) is 33.8 Å². The first-order valence-electron chi connectivity index (χ1n) is 35.4. The lowest BCUT2D eigenvalue weighted by atomic mass is 9.90. The summed E-state index contributed by atoms with van der Waals surface area (Å²) in [7, 11) is 12.7. The van der Waals surface area contributed by atoms with Crippen LogP contribution in [-0.4, -0.2) is 169 Å². The first-order valence-corrected chi connectivity index (χ1v) is 35.8. The van der Waals surface area contributed by atoms with E-state index in [-0.39, 0.29) is 158 Å². The zero-order valence-corrected chi connectivity index (χ0v) is 64.1. The van der Waals surface area contributed by atoms with Gasteiger partial charge in [-0.25, -0.2) is 24.7 Å². The number of nitrogens with two attached hydrogens (primary N) is 1. The van der Waals surface area contributed by atoms with Crippen LogP contribution in [0.25, 0.3) is 33.4 Å². The number of aryl methyl sites for hydroxylation is 8. The van der Waals surface area contributed by atoms with E-state index < -0.39 is 65.2 Å². The Morgan fingerprint density at radius 1 is 0.466 bits per heavy atom. The highest BCUT2D eigenvalue weighted by Gasteiger charge is 2.28. The second-order valence-corrected chi connectivity index (χ2v) is 27.2. The van der Waals surface area contributed by atoms with Crippen LogP contribution >= 0.6 is 12.2 Å². The van der Waals surface area contributed by atoms with Gasteiger partial charge in [0, 0.05) is 179 Å². The number of amides is 10. The van der Waals surface area contributed by atoms with Gasteiger partial charge >= 0.3 is 5.97 Å². The minimum Gasteiger partial charge on any atom is -0.508 e. The number of carboxylic acid groups (broad SMARTS) is 1. The van der Waals surface area contributed by atoms with Gasteiger partial charge in [0.05, 0.1) is 34.4 Å². The van der Waals surface area contributed by atoms with Gasteiger partial charge in [0.2, 0.25) is 29.3 Å². The van der Waals surface area contributed by atoms with Crippen LogP contribution in [-0.2, 0) is 66.0 Å². The number of anilines is 8. The van der Waals surface area contributed by atoms with Crippen LogP contribution in [0.3, 0.4) is 0 Å². The predicted molar refractivity (Wildman–Crippen MR) is 428 cm³/mol. The summed E-state index contributed by atoms with van der Waals surface area (Å²) in [6.45, 7) is 0.521. The van der Waals surface area contributed by atoms with Crippen LogP contribution in [0.1, 0.15) is 114 Å². The number of rotatable bonds is 29. The van der Waals surface area contributed by atoms with Gasteiger partial charge in [-0.1, -0.05) is 6.07 Å². The lowest BCUT2D eigenvalue weighted by Crippen LogP contribution is -2.39. The maximum Gasteiger partial charge on any atom is 0.336 e. The van der Waals surface area contributed by atoms with E-state index in [4.69, 9.17) is 22.4 Å². The summed E-state index contributed by atoms with van der Waals surface area (Å²) < 4.78 is 17.5. The second kappa shape index (κ2) is 34.1. The Morgan fingerprint density at radius 3 is 1.49 bits per heavy atom. The standard InChI is InChI=1S/C75H77N25O15S/c1-93-23-22-78-61(93)71(110)92-58-37-100(8)64(89-58)73(112)85-42-28-53(97(5)34-42)69(108)91-57-36-98(6)62(87-57)70(109)80-20-16-49(76)65(104)90-56-35-99(7)63(88-56)72(111)84-41-27-52(96(4)33-41)68(107)83-40-26-51(95(3)32-40)67(106)82-39-25-50(94(2)31-39)66(105)79-21-17-59(103)77-18-9-19-81-75(116)86-38-10-13-45(48(24-38)74(113)114)60-46-14-11-43(101)29-54(46)115-55-30-44(102)12-15-47(55)60/h10-15,22-37,49,101H,9,16-21,76H2,1-8H3,(H,77,103)(H,79,105)(H,80,109)(H,82,106)(H,83,107)(H,84,111)(H,85,112)(H,90,104)(H,91,108)(H,92,110)(H,113,114)(H2,81,86,116)/t49-/m1/s1. The smallest absolute Gasteiger partial charge is 0.336 e. The predicted octanol–water partition coefficient (Wildman–Crippen LogP) is 4.47. The fraction of sp³-hybridized carbons (Fsp3) is 0.213. The SMILES string of the molecule is Cn1cc(NC(=O)c2cc(NC(=O)c3cc(NC(=O)c4nc(NC(=O)[C@H](N)CCNC(=O)c5nc(NC(=O)c6cc(NC(=O)c7nc(NC(=O)c8nccn8C)cn7C)cn6C)cn5C)cn4C)cn3C)cn2C)cc1C(=O)NCCC(=O)NCCCNC(=S)Nc1ccc(-c2c3ccc(=O)cc-3oc3cc(O)ccc23)c(C(=O)O)c1. The molecule has 9 heterocycles. The topological polar surface area (TPSA) is 520 Å². The van der Waals surface area contributed by atoms with Crippen LogP contribution in [0.5, 0.6) is 5.75 Å². The van der Waals surface area contributed by atoms with E-state index >= 15 is 0 Å². The molecular weight excluding hydrogens is 1520 g/mol. The molecular formula is C75H77N25O15S. The number of phenolic OH excluding ortho intramolecular Hbond substituents is 1. The zero-order valence-electron chi connectivity index (χ0n) is 63.3. The molecule has 1 aliphatic carbocycles. The van der Waals surface area contributed by atoms with Crippen molar-refractivity contribution in [2.45, 2.75) is 25.3 Å². The average molecular weight is 1600 g/mol. The number of aromatic nitrogens is 12. The summed E-state index contributed by atoms with van der Waals surface area (Å²) in [6, 6.07) is 17.9. The summed E-state index contributed by atoms with van der Waals surface area (Å²) in [5.74, 6) is -6.82. The molecule has 0 saturated heterocycles. The Balaban J connectivity index is 0.537. The fourth-order valence-electron chi connectivity index (χ4n) is 12.4. The van der Waals surface area contributed by atoms with Gasteiger partial charge in [0.1, 0.15) is 39.9 Å². The molecule has 16 N–H and O–H groups in total. The van der Waals surface area contributed by atoms with Crippen molar-refractivity contribution < 1.29 is 67.4 Å². The number of carbonyl (C=O) groups is 11. The first kappa shape index (κ1) is 80.2. The third kappa shape index (κ3) is 18.5. The Morgan fingerprint density at radius 2 is 0.948 bits per heavy atom. The summed E-state index contributed by atoms with van der Waals surface area (Å²) in [4.78, 5) is 174. The Hall–Kier alpha value is -15.3. The summed E-state index contributed by atoms with van der Waals surface area (Å²) in [6.07, 6.45) is 13.8. The number of carboxylic acids is 1. The number of imidazole rings is 4. The Bertz CT molecular complexity index is 5980. The van der Waals surface area contributed by atoms with E-state index in [1.807, 2.05) is 0 Å². The molecule has 0 spiro atoms. The lowest BCUT2D eigenvalue weighted by Gasteiger charge is -2.18. The number of hydrogen-bond acceptors (Lipinski definition) is 20. The minimum absolute atomic E-state index is 0.00527. The van der Waals surface area contributed by atoms with E-state index in [0.717, 1.165) is 0 Å². The van der Waals surface area contributed by atoms with Crippen molar-refractivity contribution in [1.29, 1.82) is 0 Å². The maximum absolute atomic E-state index is 13.7. The number of nitrogens with one attached hydrogen (secondary N) is 12. The molecule has 1 aliphatic heterocycles.